The van der Waals surface area contributed by atoms with Crippen molar-refractivity contribution in [2.75, 3.05) is 6.54 Å². The molecule has 0 spiro atoms. The van der Waals surface area contributed by atoms with E-state index in [0.717, 1.165) is 18.4 Å². The van der Waals surface area contributed by atoms with E-state index in [-0.39, 0.29) is 24.2 Å². The van der Waals surface area contributed by atoms with Gasteiger partial charge in [0.1, 0.15) is 5.82 Å². The summed E-state index contributed by atoms with van der Waals surface area (Å²) in [7, 11) is 0. The average Bonchev–Trinajstić information content (AvgIpc) is 2.98. The van der Waals surface area contributed by atoms with Crippen LogP contribution in [0.3, 0.4) is 0 Å². The molecule has 0 aliphatic carbocycles. The van der Waals surface area contributed by atoms with Gasteiger partial charge < -0.3 is 15.1 Å². The first-order chi connectivity index (χ1) is 13.0. The Balaban J connectivity index is 1.73. The summed E-state index contributed by atoms with van der Waals surface area (Å²) < 4.78 is 12.9. The smallest absolute Gasteiger partial charge is 0.303 e. The van der Waals surface area contributed by atoms with Gasteiger partial charge in [-0.2, -0.15) is 0 Å². The van der Waals surface area contributed by atoms with Gasteiger partial charge in [-0.05, 0) is 56.2 Å². The molecule has 2 atom stereocenters. The highest BCUT2D eigenvalue weighted by Gasteiger charge is 2.29. The van der Waals surface area contributed by atoms with Gasteiger partial charge in [-0.3, -0.25) is 9.59 Å². The summed E-state index contributed by atoms with van der Waals surface area (Å²) in [5.41, 5.74) is 0.896. The lowest BCUT2D eigenvalue weighted by Crippen LogP contribution is -2.33. The molecular weight excluding hydrogens is 349 g/mol. The molecule has 27 heavy (non-hydrogen) atoms. The minimum absolute atomic E-state index is 0.128. The van der Waals surface area contributed by atoms with Gasteiger partial charge in [0.25, 0.3) is 0 Å². The predicted octanol–water partition coefficient (Wildman–Crippen LogP) is 3.31. The Morgan fingerprint density at radius 2 is 2.04 bits per heavy atom. The van der Waals surface area contributed by atoms with Crippen LogP contribution in [0.5, 0.6) is 0 Å². The lowest BCUT2D eigenvalue weighted by molar-refractivity contribution is -0.137. The third kappa shape index (κ3) is 7.51. The summed E-state index contributed by atoms with van der Waals surface area (Å²) in [6.45, 7) is 0.532. The van der Waals surface area contributed by atoms with Crippen molar-refractivity contribution in [2.24, 2.45) is 0 Å². The molecule has 1 fully saturated rings. The second kappa shape index (κ2) is 10.8. The summed E-state index contributed by atoms with van der Waals surface area (Å²) in [6.07, 6.45) is 7.91. The molecule has 0 bridgehead atoms. The van der Waals surface area contributed by atoms with E-state index in [0.29, 0.717) is 38.6 Å². The first kappa shape index (κ1) is 21.1. The molecule has 1 aliphatic rings. The van der Waals surface area contributed by atoms with E-state index in [1.54, 1.807) is 12.1 Å². The number of carboxylic acid groups (broad SMARTS) is 1. The van der Waals surface area contributed by atoms with Crippen LogP contribution in [-0.2, 0) is 16.0 Å². The van der Waals surface area contributed by atoms with Gasteiger partial charge in [0, 0.05) is 25.4 Å². The second-order valence-corrected chi connectivity index (χ2v) is 7.06. The standard InChI is InChI=1S/C21H28FNO4/c22-17-8-6-16(7-9-17)15-19(24)12-10-18-11-13-20(25)23(18)14-4-2-1-3-5-21(26)27/h2,4,6-9,18-19,24H,1,3,5,10-15H2,(H,26,27)/b4-2-/t18?,19-/m1/s1. The molecule has 1 aromatic carbocycles. The van der Waals surface area contributed by atoms with Crippen LogP contribution in [0, 0.1) is 5.82 Å². The molecule has 2 rings (SSSR count). The maximum Gasteiger partial charge on any atom is 0.303 e. The zero-order valence-corrected chi connectivity index (χ0v) is 15.5. The summed E-state index contributed by atoms with van der Waals surface area (Å²) in [6, 6.07) is 6.27. The minimum Gasteiger partial charge on any atom is -0.481 e. The van der Waals surface area contributed by atoms with E-state index in [9.17, 15) is 19.1 Å². The van der Waals surface area contributed by atoms with Crippen LogP contribution < -0.4 is 0 Å². The van der Waals surface area contributed by atoms with Crippen molar-refractivity contribution < 1.29 is 24.2 Å². The van der Waals surface area contributed by atoms with Crippen LogP contribution in [0.25, 0.3) is 0 Å². The molecule has 0 saturated carbocycles. The van der Waals surface area contributed by atoms with E-state index >= 15 is 0 Å². The number of allylic oxidation sites excluding steroid dienone is 1. The van der Waals surface area contributed by atoms with Gasteiger partial charge in [-0.25, -0.2) is 4.39 Å². The quantitative estimate of drug-likeness (QED) is 0.458. The largest absolute Gasteiger partial charge is 0.481 e. The van der Waals surface area contributed by atoms with Crippen LogP contribution in [0.4, 0.5) is 4.39 Å². The number of rotatable bonds is 11. The lowest BCUT2D eigenvalue weighted by Gasteiger charge is -2.24. The molecule has 5 nitrogen and oxygen atoms in total. The molecule has 148 valence electrons. The number of aliphatic carboxylic acids is 1. The molecule has 1 unspecified atom stereocenters. The first-order valence-electron chi connectivity index (χ1n) is 9.54. The number of halogens is 1. The number of amides is 1. The molecule has 1 aliphatic heterocycles. The van der Waals surface area contributed by atoms with Crippen molar-refractivity contribution in [1.82, 2.24) is 4.90 Å². The fourth-order valence-corrected chi connectivity index (χ4v) is 3.40. The van der Waals surface area contributed by atoms with Gasteiger partial charge >= 0.3 is 5.97 Å². The van der Waals surface area contributed by atoms with Crippen molar-refractivity contribution in [3.63, 3.8) is 0 Å². The van der Waals surface area contributed by atoms with Crippen LogP contribution in [0.2, 0.25) is 0 Å². The number of hydrogen-bond donors (Lipinski definition) is 2. The third-order valence-corrected chi connectivity index (χ3v) is 4.90. The highest BCUT2D eigenvalue weighted by atomic mass is 19.1. The number of nitrogens with zero attached hydrogens (tertiary/aromatic N) is 1. The highest BCUT2D eigenvalue weighted by Crippen LogP contribution is 2.23. The van der Waals surface area contributed by atoms with Gasteiger partial charge in [0.05, 0.1) is 6.10 Å². The Labute approximate surface area is 159 Å². The number of aliphatic hydroxyl groups excluding tert-OH is 1. The van der Waals surface area contributed by atoms with E-state index < -0.39 is 12.1 Å². The van der Waals surface area contributed by atoms with E-state index in [1.807, 2.05) is 17.1 Å². The Morgan fingerprint density at radius 3 is 2.74 bits per heavy atom. The van der Waals surface area contributed by atoms with Crippen LogP contribution in [0.15, 0.2) is 36.4 Å². The molecule has 1 aromatic rings. The van der Waals surface area contributed by atoms with Gasteiger partial charge in [-0.15, -0.1) is 0 Å². The molecule has 2 N–H and O–H groups in total. The zero-order chi connectivity index (χ0) is 19.6. The summed E-state index contributed by atoms with van der Waals surface area (Å²) in [5.74, 6) is -0.954. The Kier molecular flexibility index (Phi) is 8.45. The van der Waals surface area contributed by atoms with Gasteiger partial charge in [0.2, 0.25) is 5.91 Å². The van der Waals surface area contributed by atoms with Crippen molar-refractivity contribution in [3.05, 3.63) is 47.8 Å². The molecule has 1 heterocycles. The molecule has 0 aromatic heterocycles. The number of carbonyl (C=O) groups excluding carboxylic acids is 1. The van der Waals surface area contributed by atoms with Crippen molar-refractivity contribution in [2.45, 2.75) is 63.5 Å². The highest BCUT2D eigenvalue weighted by molar-refractivity contribution is 5.78. The monoisotopic (exact) mass is 377 g/mol. The SMILES string of the molecule is O=C(O)CCC/C=C\CN1C(=O)CCC1CC[C@@H](O)Cc1ccc(F)cc1. The Hall–Kier alpha value is -2.21. The fourth-order valence-electron chi connectivity index (χ4n) is 3.40. The maximum absolute atomic E-state index is 12.9. The van der Waals surface area contributed by atoms with E-state index in [1.165, 1.54) is 12.1 Å². The van der Waals surface area contributed by atoms with E-state index in [4.69, 9.17) is 5.11 Å². The molecule has 1 amide bonds. The average molecular weight is 377 g/mol. The summed E-state index contributed by atoms with van der Waals surface area (Å²) in [4.78, 5) is 24.4. The fraction of sp³-hybridized carbons (Fsp3) is 0.524. The third-order valence-electron chi connectivity index (χ3n) is 4.90. The molecule has 0 radical (unpaired) electrons. The topological polar surface area (TPSA) is 77.8 Å². The summed E-state index contributed by atoms with van der Waals surface area (Å²) in [5, 5.41) is 18.9. The van der Waals surface area contributed by atoms with Crippen LogP contribution in [0.1, 0.15) is 50.5 Å². The Morgan fingerprint density at radius 1 is 1.30 bits per heavy atom. The maximum atomic E-state index is 12.9. The lowest BCUT2D eigenvalue weighted by atomic mass is 10.0. The first-order valence-corrected chi connectivity index (χ1v) is 9.54. The normalized spacial score (nSPS) is 18.4. The van der Waals surface area contributed by atoms with Gasteiger partial charge in [0.15, 0.2) is 0 Å². The Bertz CT molecular complexity index is 644. The number of carboxylic acids is 1. The van der Waals surface area contributed by atoms with E-state index in [2.05, 4.69) is 0 Å². The number of unbranched alkanes of at least 4 members (excludes halogenated alkanes) is 1. The minimum atomic E-state index is -0.794. The number of benzene rings is 1. The number of likely N-dealkylation sites (tertiary alicyclic amines) is 1. The van der Waals surface area contributed by atoms with Crippen molar-refractivity contribution >= 4 is 11.9 Å². The molecule has 1 saturated heterocycles. The van der Waals surface area contributed by atoms with Crippen molar-refractivity contribution in [3.8, 4) is 0 Å². The van der Waals surface area contributed by atoms with Gasteiger partial charge in [-0.1, -0.05) is 24.3 Å². The van der Waals surface area contributed by atoms with Crippen LogP contribution in [-0.4, -0.2) is 45.7 Å². The molecular formula is C21H28FNO4. The molecule has 6 heteroatoms. The second-order valence-electron chi connectivity index (χ2n) is 7.06. The number of aliphatic hydroxyl groups is 1. The number of hydrogen-bond acceptors (Lipinski definition) is 3. The number of carbonyl (C=O) groups is 2. The van der Waals surface area contributed by atoms with Crippen LogP contribution >= 0.6 is 0 Å². The zero-order valence-electron chi connectivity index (χ0n) is 15.5. The van der Waals surface area contributed by atoms with Crippen molar-refractivity contribution in [1.29, 1.82) is 0 Å². The summed E-state index contributed by atoms with van der Waals surface area (Å²) >= 11 is 0. The predicted molar refractivity (Wildman–Crippen MR) is 101 cm³/mol.